The first-order valence-corrected chi connectivity index (χ1v) is 6.71. The van der Waals surface area contributed by atoms with Crippen LogP contribution >= 0.6 is 0 Å². The first-order valence-electron chi connectivity index (χ1n) is 6.71. The van der Waals surface area contributed by atoms with Crippen LogP contribution in [-0.4, -0.2) is 43.7 Å². The van der Waals surface area contributed by atoms with E-state index in [2.05, 4.69) is 37.4 Å². The lowest BCUT2D eigenvalue weighted by Crippen LogP contribution is -2.48. The zero-order valence-corrected chi connectivity index (χ0v) is 11.9. The van der Waals surface area contributed by atoms with Gasteiger partial charge in [0.15, 0.2) is 0 Å². The quantitative estimate of drug-likeness (QED) is 0.891. The smallest absolute Gasteiger partial charge is 0.253 e. The number of hydrogen-bond donors (Lipinski definition) is 1. The van der Waals surface area contributed by atoms with Gasteiger partial charge in [0.2, 0.25) is 0 Å². The summed E-state index contributed by atoms with van der Waals surface area (Å²) in [5, 5.41) is 3.18. The molecule has 1 saturated heterocycles. The Morgan fingerprint density at radius 3 is 2.84 bits per heavy atom. The molecule has 1 atom stereocenters. The average molecular weight is 262 g/mol. The number of morpholine rings is 1. The van der Waals surface area contributed by atoms with Crippen molar-refractivity contribution in [2.24, 2.45) is 0 Å². The maximum absolute atomic E-state index is 12.2. The molecular formula is C15H22N2O2. The maximum Gasteiger partial charge on any atom is 0.253 e. The number of benzene rings is 1. The van der Waals surface area contributed by atoms with E-state index in [1.807, 2.05) is 7.05 Å². The Hall–Kier alpha value is -1.39. The summed E-state index contributed by atoms with van der Waals surface area (Å²) in [5.41, 5.74) is 3.69. The normalized spacial score (nSPS) is 19.2. The molecule has 0 aliphatic carbocycles. The number of rotatable bonds is 3. The minimum Gasteiger partial charge on any atom is -0.366 e. The molecule has 1 aliphatic rings. The first kappa shape index (κ1) is 14.0. The number of amides is 1. The first-order chi connectivity index (χ1) is 9.08. The zero-order chi connectivity index (χ0) is 13.8. The highest BCUT2D eigenvalue weighted by molar-refractivity contribution is 5.81. The Kier molecular flexibility index (Phi) is 4.56. The molecule has 4 heteroatoms. The molecule has 1 aromatic carbocycles. The molecule has 19 heavy (non-hydrogen) atoms. The summed E-state index contributed by atoms with van der Waals surface area (Å²) in [6, 6.07) is 6.31. The van der Waals surface area contributed by atoms with Crippen LogP contribution in [0.15, 0.2) is 18.2 Å². The Morgan fingerprint density at radius 2 is 2.21 bits per heavy atom. The highest BCUT2D eigenvalue weighted by Gasteiger charge is 2.24. The number of aryl methyl sites for hydroxylation is 2. The third-order valence-electron chi connectivity index (χ3n) is 3.57. The fourth-order valence-corrected chi connectivity index (χ4v) is 2.22. The van der Waals surface area contributed by atoms with Gasteiger partial charge in [0, 0.05) is 26.7 Å². The van der Waals surface area contributed by atoms with Crippen molar-refractivity contribution in [3.63, 3.8) is 0 Å². The van der Waals surface area contributed by atoms with Gasteiger partial charge in [-0.1, -0.05) is 18.2 Å². The lowest BCUT2D eigenvalue weighted by molar-refractivity contribution is -0.144. The van der Waals surface area contributed by atoms with E-state index in [9.17, 15) is 4.79 Å². The molecule has 0 spiro atoms. The van der Waals surface area contributed by atoms with E-state index in [0.29, 0.717) is 19.7 Å². The van der Waals surface area contributed by atoms with E-state index in [1.165, 1.54) is 11.1 Å². The molecule has 1 aliphatic heterocycles. The zero-order valence-electron chi connectivity index (χ0n) is 11.9. The van der Waals surface area contributed by atoms with Crippen LogP contribution in [0.3, 0.4) is 0 Å². The lowest BCUT2D eigenvalue weighted by atomic mass is 10.1. The molecule has 0 bridgehead atoms. The van der Waals surface area contributed by atoms with Crippen LogP contribution in [-0.2, 0) is 16.1 Å². The SMILES string of the molecule is Cc1ccc(CN(C)C(=O)C2CNCCO2)cc1C. The Balaban J connectivity index is 1.97. The standard InChI is InChI=1S/C15H22N2O2/c1-11-4-5-13(8-12(11)2)10-17(3)15(18)14-9-16-6-7-19-14/h4-5,8,14,16H,6-7,9-10H2,1-3H3. The second kappa shape index (κ2) is 6.17. The predicted molar refractivity (Wildman–Crippen MR) is 75.0 cm³/mol. The summed E-state index contributed by atoms with van der Waals surface area (Å²) in [6.45, 7) is 6.85. The van der Waals surface area contributed by atoms with Gasteiger partial charge < -0.3 is 15.0 Å². The van der Waals surface area contributed by atoms with Gasteiger partial charge in [0.25, 0.3) is 5.91 Å². The highest BCUT2D eigenvalue weighted by Crippen LogP contribution is 2.12. The molecule has 1 heterocycles. The van der Waals surface area contributed by atoms with Crippen LogP contribution in [0.4, 0.5) is 0 Å². The number of hydrogen-bond acceptors (Lipinski definition) is 3. The van der Waals surface area contributed by atoms with Gasteiger partial charge in [-0.2, -0.15) is 0 Å². The molecule has 1 unspecified atom stereocenters. The third-order valence-corrected chi connectivity index (χ3v) is 3.57. The Bertz CT molecular complexity index is 453. The number of nitrogens with zero attached hydrogens (tertiary/aromatic N) is 1. The van der Waals surface area contributed by atoms with E-state index in [4.69, 9.17) is 4.74 Å². The van der Waals surface area contributed by atoms with Gasteiger partial charge in [-0.05, 0) is 30.5 Å². The molecule has 0 radical (unpaired) electrons. The summed E-state index contributed by atoms with van der Waals surface area (Å²) in [5.74, 6) is 0.0467. The molecule has 1 amide bonds. The van der Waals surface area contributed by atoms with Crippen molar-refractivity contribution in [3.05, 3.63) is 34.9 Å². The van der Waals surface area contributed by atoms with Crippen LogP contribution in [0.1, 0.15) is 16.7 Å². The van der Waals surface area contributed by atoms with E-state index >= 15 is 0 Å². The van der Waals surface area contributed by atoms with E-state index in [0.717, 1.165) is 12.1 Å². The molecule has 1 aromatic rings. The average Bonchev–Trinajstić information content (AvgIpc) is 2.43. The van der Waals surface area contributed by atoms with Gasteiger partial charge in [-0.25, -0.2) is 0 Å². The van der Waals surface area contributed by atoms with Crippen molar-refractivity contribution in [3.8, 4) is 0 Å². The van der Waals surface area contributed by atoms with Crippen LogP contribution in [0.5, 0.6) is 0 Å². The van der Waals surface area contributed by atoms with E-state index in [-0.39, 0.29) is 12.0 Å². The van der Waals surface area contributed by atoms with Crippen molar-refractivity contribution in [1.29, 1.82) is 0 Å². The summed E-state index contributed by atoms with van der Waals surface area (Å²) in [4.78, 5) is 14.0. The Labute approximate surface area is 114 Å². The minimum atomic E-state index is -0.342. The minimum absolute atomic E-state index is 0.0467. The highest BCUT2D eigenvalue weighted by atomic mass is 16.5. The Morgan fingerprint density at radius 1 is 1.42 bits per heavy atom. The van der Waals surface area contributed by atoms with Gasteiger partial charge >= 0.3 is 0 Å². The topological polar surface area (TPSA) is 41.6 Å². The van der Waals surface area contributed by atoms with Crippen molar-refractivity contribution in [1.82, 2.24) is 10.2 Å². The molecular weight excluding hydrogens is 240 g/mol. The van der Waals surface area contributed by atoms with Crippen molar-refractivity contribution >= 4 is 5.91 Å². The van der Waals surface area contributed by atoms with Gasteiger partial charge in [0.05, 0.1) is 6.61 Å². The van der Waals surface area contributed by atoms with E-state index in [1.54, 1.807) is 4.90 Å². The molecule has 1 N–H and O–H groups in total. The number of ether oxygens (including phenoxy) is 1. The van der Waals surface area contributed by atoms with Crippen LogP contribution in [0.25, 0.3) is 0 Å². The molecule has 0 saturated carbocycles. The van der Waals surface area contributed by atoms with Crippen LogP contribution in [0.2, 0.25) is 0 Å². The third kappa shape index (κ3) is 3.55. The molecule has 2 rings (SSSR count). The summed E-state index contributed by atoms with van der Waals surface area (Å²) in [6.07, 6.45) is -0.342. The maximum atomic E-state index is 12.2. The van der Waals surface area contributed by atoms with Crippen molar-refractivity contribution in [2.75, 3.05) is 26.7 Å². The van der Waals surface area contributed by atoms with Crippen molar-refractivity contribution < 1.29 is 9.53 Å². The fourth-order valence-electron chi connectivity index (χ4n) is 2.22. The molecule has 0 aromatic heterocycles. The summed E-state index contributed by atoms with van der Waals surface area (Å²) < 4.78 is 5.49. The van der Waals surface area contributed by atoms with E-state index < -0.39 is 0 Å². The predicted octanol–water partition coefficient (Wildman–Crippen LogP) is 1.25. The van der Waals surface area contributed by atoms with Gasteiger partial charge in [-0.15, -0.1) is 0 Å². The number of nitrogens with one attached hydrogen (secondary N) is 1. The van der Waals surface area contributed by atoms with Gasteiger partial charge in [0.1, 0.15) is 6.10 Å². The fraction of sp³-hybridized carbons (Fsp3) is 0.533. The molecule has 1 fully saturated rings. The monoisotopic (exact) mass is 262 g/mol. The second-order valence-corrected chi connectivity index (χ2v) is 5.18. The number of likely N-dealkylation sites (N-methyl/N-ethyl adjacent to an activating group) is 1. The van der Waals surface area contributed by atoms with Gasteiger partial charge in [-0.3, -0.25) is 4.79 Å². The van der Waals surface area contributed by atoms with Crippen LogP contribution < -0.4 is 5.32 Å². The largest absolute Gasteiger partial charge is 0.366 e. The van der Waals surface area contributed by atoms with Crippen molar-refractivity contribution in [2.45, 2.75) is 26.5 Å². The summed E-state index contributed by atoms with van der Waals surface area (Å²) in [7, 11) is 1.83. The van der Waals surface area contributed by atoms with Crippen LogP contribution in [0, 0.1) is 13.8 Å². The molecule has 104 valence electrons. The number of carbonyl (C=O) groups excluding carboxylic acids is 1. The lowest BCUT2D eigenvalue weighted by Gasteiger charge is -2.27. The summed E-state index contributed by atoms with van der Waals surface area (Å²) >= 11 is 0. The second-order valence-electron chi connectivity index (χ2n) is 5.18. The number of carbonyl (C=O) groups is 1. The molecule has 4 nitrogen and oxygen atoms in total.